The molecular weight excluding hydrogens is 432 g/mol. The topological polar surface area (TPSA) is 0 Å². The average Bonchev–Trinajstić information content (AvgIpc) is 2.82. The predicted octanol–water partition coefficient (Wildman–Crippen LogP) is 11.8. The molecule has 0 spiro atoms. The molecule has 0 N–H and O–H groups in total. The second kappa shape index (κ2) is 15.0. The second-order valence-corrected chi connectivity index (χ2v) is 13.4. The van der Waals surface area contributed by atoms with Crippen molar-refractivity contribution in [1.29, 1.82) is 0 Å². The molecule has 2 rings (SSSR count). The third kappa shape index (κ3) is 10.8. The summed E-state index contributed by atoms with van der Waals surface area (Å²) in [5.41, 5.74) is 9.14. The van der Waals surface area contributed by atoms with Gasteiger partial charge >= 0.3 is 0 Å². The summed E-state index contributed by atoms with van der Waals surface area (Å²) < 4.78 is 0. The lowest BCUT2D eigenvalue weighted by molar-refractivity contribution is 0.585. The largest absolute Gasteiger partial charge is 0.0654 e. The van der Waals surface area contributed by atoms with Crippen LogP contribution in [0, 0.1) is 0 Å². The Balaban J connectivity index is 2.30. The van der Waals surface area contributed by atoms with Gasteiger partial charge in [-0.15, -0.1) is 0 Å². The number of rotatable bonds is 15. The molecule has 0 aliphatic rings. The van der Waals surface area contributed by atoms with Crippen LogP contribution in [0.25, 0.3) is 11.1 Å². The average molecular weight is 491 g/mol. The van der Waals surface area contributed by atoms with E-state index in [0.29, 0.717) is 0 Å². The van der Waals surface area contributed by atoms with Gasteiger partial charge in [0.2, 0.25) is 0 Å². The molecule has 2 aromatic rings. The normalized spacial score (nSPS) is 12.3. The molecule has 0 aromatic heterocycles. The van der Waals surface area contributed by atoms with Crippen molar-refractivity contribution in [2.24, 2.45) is 0 Å². The molecule has 0 aliphatic heterocycles. The van der Waals surface area contributed by atoms with Crippen molar-refractivity contribution in [1.82, 2.24) is 0 Å². The minimum atomic E-state index is 0.162. The number of hydrogen-bond acceptors (Lipinski definition) is 0. The van der Waals surface area contributed by atoms with E-state index in [4.69, 9.17) is 0 Å². The van der Waals surface area contributed by atoms with Crippen LogP contribution in [0.3, 0.4) is 0 Å². The molecule has 36 heavy (non-hydrogen) atoms. The van der Waals surface area contributed by atoms with Crippen LogP contribution in [0.1, 0.15) is 155 Å². The van der Waals surface area contributed by atoms with E-state index in [1.165, 1.54) is 123 Å². The van der Waals surface area contributed by atoms with Gasteiger partial charge < -0.3 is 0 Å². The van der Waals surface area contributed by atoms with E-state index in [1.807, 2.05) is 0 Å². The molecule has 202 valence electrons. The molecule has 0 unspecified atom stereocenters. The maximum atomic E-state index is 2.50. The van der Waals surface area contributed by atoms with Gasteiger partial charge in [-0.1, -0.05) is 156 Å². The van der Waals surface area contributed by atoms with E-state index in [9.17, 15) is 0 Å². The highest BCUT2D eigenvalue weighted by Gasteiger charge is 2.19. The molecule has 0 bridgehead atoms. The first-order valence-electron chi connectivity index (χ1n) is 15.3. The molecule has 0 nitrogen and oxygen atoms in total. The van der Waals surface area contributed by atoms with Crippen molar-refractivity contribution in [3.8, 4) is 11.1 Å². The molecule has 0 saturated carbocycles. The van der Waals surface area contributed by atoms with Gasteiger partial charge in [-0.3, -0.25) is 0 Å². The highest BCUT2D eigenvalue weighted by atomic mass is 14.2. The maximum Gasteiger partial charge on any atom is -0.0132 e. The van der Waals surface area contributed by atoms with Crippen LogP contribution in [-0.2, 0) is 23.7 Å². The van der Waals surface area contributed by atoms with Crippen LogP contribution in [-0.4, -0.2) is 0 Å². The fraction of sp³-hybridized carbons (Fsp3) is 0.667. The van der Waals surface area contributed by atoms with Crippen LogP contribution in [0.15, 0.2) is 36.4 Å². The Hall–Kier alpha value is -1.56. The first-order valence-corrected chi connectivity index (χ1v) is 15.3. The number of hydrogen-bond donors (Lipinski definition) is 0. The Kier molecular flexibility index (Phi) is 12.8. The zero-order valence-electron chi connectivity index (χ0n) is 25.4. The molecule has 0 radical (unpaired) electrons. The number of unbranched alkanes of at least 4 members (excludes halogenated alkanes) is 10. The van der Waals surface area contributed by atoms with Gasteiger partial charge in [0, 0.05) is 0 Å². The lowest BCUT2D eigenvalue weighted by atomic mass is 9.81. The Labute approximate surface area is 225 Å². The zero-order valence-corrected chi connectivity index (χ0v) is 25.4. The van der Waals surface area contributed by atoms with Crippen LogP contribution >= 0.6 is 0 Å². The van der Waals surface area contributed by atoms with Gasteiger partial charge in [-0.25, -0.2) is 0 Å². The second-order valence-electron chi connectivity index (χ2n) is 13.4. The predicted molar refractivity (Wildman–Crippen MR) is 163 cm³/mol. The number of aryl methyl sites for hydroxylation is 2. The molecule has 0 atom stereocenters. The summed E-state index contributed by atoms with van der Waals surface area (Å²) in [6.07, 6.45) is 18.7. The van der Waals surface area contributed by atoms with Crippen molar-refractivity contribution >= 4 is 0 Å². The fourth-order valence-electron chi connectivity index (χ4n) is 5.09. The summed E-state index contributed by atoms with van der Waals surface area (Å²) in [7, 11) is 0. The molecule has 0 aliphatic carbocycles. The monoisotopic (exact) mass is 490 g/mol. The summed E-state index contributed by atoms with van der Waals surface area (Å²) in [6.45, 7) is 18.7. The van der Waals surface area contributed by atoms with Crippen molar-refractivity contribution in [3.05, 3.63) is 58.7 Å². The first kappa shape index (κ1) is 30.7. The summed E-state index contributed by atoms with van der Waals surface area (Å²) >= 11 is 0. The smallest absolute Gasteiger partial charge is 0.0132 e. The van der Waals surface area contributed by atoms with E-state index in [2.05, 4.69) is 91.8 Å². The van der Waals surface area contributed by atoms with Crippen LogP contribution in [0.2, 0.25) is 0 Å². The van der Waals surface area contributed by atoms with Gasteiger partial charge in [0.25, 0.3) is 0 Å². The van der Waals surface area contributed by atoms with Crippen molar-refractivity contribution in [2.75, 3.05) is 0 Å². The van der Waals surface area contributed by atoms with Crippen LogP contribution in [0.4, 0.5) is 0 Å². The highest BCUT2D eigenvalue weighted by molar-refractivity contribution is 5.68. The summed E-state index contributed by atoms with van der Waals surface area (Å²) in [5.74, 6) is 0. The van der Waals surface area contributed by atoms with Gasteiger partial charge in [0.05, 0.1) is 0 Å². The highest BCUT2D eigenvalue weighted by Crippen LogP contribution is 2.34. The minimum absolute atomic E-state index is 0.162. The Bertz CT molecular complexity index is 812. The maximum absolute atomic E-state index is 2.50. The molecule has 0 heteroatoms. The lowest BCUT2D eigenvalue weighted by Crippen LogP contribution is -2.13. The molecular formula is C36H58. The van der Waals surface area contributed by atoms with E-state index in [1.54, 1.807) is 0 Å². The van der Waals surface area contributed by atoms with Gasteiger partial charge in [0.1, 0.15) is 0 Å². The van der Waals surface area contributed by atoms with E-state index in [-0.39, 0.29) is 10.8 Å². The zero-order chi connectivity index (χ0) is 26.6. The van der Waals surface area contributed by atoms with Crippen molar-refractivity contribution < 1.29 is 0 Å². The van der Waals surface area contributed by atoms with Gasteiger partial charge in [-0.05, 0) is 69.9 Å². The van der Waals surface area contributed by atoms with E-state index in [0.717, 1.165) is 0 Å². The summed E-state index contributed by atoms with van der Waals surface area (Å²) in [4.78, 5) is 0. The van der Waals surface area contributed by atoms with E-state index < -0.39 is 0 Å². The standard InChI is InChI=1S/C36H58/c1-9-11-13-15-17-19-21-29-23-31(27-33(25-29)35(3,4)5)32-24-30(22-20-18-16-14-12-10-2)26-34(28-32)36(6,7)8/h23-28H,9-22H2,1-8H3. The molecule has 2 aromatic carbocycles. The molecule has 0 fully saturated rings. The Morgan fingerprint density at radius 3 is 1.08 bits per heavy atom. The quantitative estimate of drug-likeness (QED) is 0.218. The fourth-order valence-corrected chi connectivity index (χ4v) is 5.09. The van der Waals surface area contributed by atoms with Gasteiger partial charge in [-0.2, -0.15) is 0 Å². The van der Waals surface area contributed by atoms with Crippen molar-refractivity contribution in [2.45, 2.75) is 156 Å². The van der Waals surface area contributed by atoms with Crippen LogP contribution < -0.4 is 0 Å². The Morgan fingerprint density at radius 2 is 0.750 bits per heavy atom. The third-order valence-electron chi connectivity index (χ3n) is 7.69. The minimum Gasteiger partial charge on any atom is -0.0654 e. The lowest BCUT2D eigenvalue weighted by Gasteiger charge is -2.24. The van der Waals surface area contributed by atoms with Crippen molar-refractivity contribution in [3.63, 3.8) is 0 Å². The summed E-state index contributed by atoms with van der Waals surface area (Å²) in [5, 5.41) is 0. The Morgan fingerprint density at radius 1 is 0.417 bits per heavy atom. The van der Waals surface area contributed by atoms with Crippen LogP contribution in [0.5, 0.6) is 0 Å². The van der Waals surface area contributed by atoms with E-state index >= 15 is 0 Å². The molecule has 0 saturated heterocycles. The SMILES string of the molecule is CCCCCCCCc1cc(-c2cc(CCCCCCCC)cc(C(C)(C)C)c2)cc(C(C)(C)C)c1. The summed E-state index contributed by atoms with van der Waals surface area (Å²) in [6, 6.07) is 14.9. The third-order valence-corrected chi connectivity index (χ3v) is 7.69. The molecule has 0 heterocycles. The van der Waals surface area contributed by atoms with Gasteiger partial charge in [0.15, 0.2) is 0 Å². The molecule has 0 amide bonds. The number of benzene rings is 2. The first-order chi connectivity index (χ1) is 17.0.